The summed E-state index contributed by atoms with van der Waals surface area (Å²) in [4.78, 5) is 19.5. The van der Waals surface area contributed by atoms with E-state index in [4.69, 9.17) is 16.9 Å². The van der Waals surface area contributed by atoms with Gasteiger partial charge < -0.3 is 0 Å². The molecule has 0 aliphatic rings. The Morgan fingerprint density at radius 2 is 1.94 bits per heavy atom. The highest BCUT2D eigenvalue weighted by Crippen LogP contribution is 2.11. The molecule has 0 aliphatic heterocycles. The van der Waals surface area contributed by atoms with Crippen molar-refractivity contribution in [2.75, 3.05) is 0 Å². The van der Waals surface area contributed by atoms with Crippen LogP contribution < -0.4 is 0 Å². The molecule has 5 heteroatoms. The van der Waals surface area contributed by atoms with Gasteiger partial charge in [-0.1, -0.05) is 41.9 Å². The Morgan fingerprint density at radius 1 is 1.24 bits per heavy atom. The normalized spacial score (nSPS) is 9.65. The minimum atomic E-state index is -0.286. The SMILES string of the molecule is N#Cc1nc(Cl)cc(C(=O)c2ccccc2)n1. The first-order chi connectivity index (χ1) is 8.20. The molecule has 0 saturated carbocycles. The number of aromatic nitrogens is 2. The van der Waals surface area contributed by atoms with E-state index < -0.39 is 0 Å². The third-order valence-corrected chi connectivity index (χ3v) is 2.26. The topological polar surface area (TPSA) is 66.6 Å². The van der Waals surface area contributed by atoms with Crippen LogP contribution in [0.4, 0.5) is 0 Å². The fraction of sp³-hybridized carbons (Fsp3) is 0. The number of carbonyl (C=O) groups excluding carboxylic acids is 1. The van der Waals surface area contributed by atoms with Crippen molar-refractivity contribution in [1.29, 1.82) is 5.26 Å². The minimum absolute atomic E-state index is 0.0795. The van der Waals surface area contributed by atoms with E-state index >= 15 is 0 Å². The standard InChI is InChI=1S/C12H6ClN3O/c13-10-6-9(15-11(7-14)16-10)12(17)8-4-2-1-3-5-8/h1-6H. The van der Waals surface area contributed by atoms with Gasteiger partial charge in [0.15, 0.2) is 0 Å². The highest BCUT2D eigenvalue weighted by atomic mass is 35.5. The summed E-state index contributed by atoms with van der Waals surface area (Å²) >= 11 is 5.71. The van der Waals surface area contributed by atoms with E-state index in [1.54, 1.807) is 30.3 Å². The zero-order valence-electron chi connectivity index (χ0n) is 8.59. The molecule has 0 spiro atoms. The van der Waals surface area contributed by atoms with Crippen molar-refractivity contribution < 1.29 is 4.79 Å². The van der Waals surface area contributed by atoms with Crippen molar-refractivity contribution in [3.05, 3.63) is 58.6 Å². The Kier molecular flexibility index (Phi) is 3.12. The Bertz CT molecular complexity index is 605. The molecule has 0 N–H and O–H groups in total. The predicted molar refractivity (Wildman–Crippen MR) is 61.6 cm³/mol. The highest BCUT2D eigenvalue weighted by Gasteiger charge is 2.12. The molecule has 2 rings (SSSR count). The van der Waals surface area contributed by atoms with Gasteiger partial charge in [0.05, 0.1) is 0 Å². The number of rotatable bonds is 2. The summed E-state index contributed by atoms with van der Waals surface area (Å²) in [5.41, 5.74) is 0.610. The fourth-order valence-corrected chi connectivity index (χ4v) is 1.50. The molecule has 0 bridgehead atoms. The van der Waals surface area contributed by atoms with Crippen LogP contribution in [0.15, 0.2) is 36.4 Å². The molecule has 4 nitrogen and oxygen atoms in total. The van der Waals surface area contributed by atoms with Crippen LogP contribution in [0.1, 0.15) is 21.9 Å². The lowest BCUT2D eigenvalue weighted by molar-refractivity contribution is 0.103. The number of benzene rings is 1. The molecule has 0 unspecified atom stereocenters. The third kappa shape index (κ3) is 2.47. The molecule has 0 radical (unpaired) electrons. The summed E-state index contributed by atoms with van der Waals surface area (Å²) < 4.78 is 0. The van der Waals surface area contributed by atoms with E-state index in [0.717, 1.165) is 0 Å². The summed E-state index contributed by atoms with van der Waals surface area (Å²) in [6.45, 7) is 0. The second kappa shape index (κ2) is 4.73. The van der Waals surface area contributed by atoms with Gasteiger partial charge >= 0.3 is 0 Å². The average molecular weight is 244 g/mol. The number of hydrogen-bond acceptors (Lipinski definition) is 4. The molecule has 0 atom stereocenters. The van der Waals surface area contributed by atoms with Crippen LogP contribution in [0.2, 0.25) is 5.15 Å². The lowest BCUT2D eigenvalue weighted by Crippen LogP contribution is -2.06. The van der Waals surface area contributed by atoms with E-state index in [1.165, 1.54) is 6.07 Å². The van der Waals surface area contributed by atoms with Crippen LogP contribution in [0.3, 0.4) is 0 Å². The summed E-state index contributed by atoms with van der Waals surface area (Å²) in [5, 5.41) is 8.77. The maximum atomic E-state index is 12.0. The van der Waals surface area contributed by atoms with Gasteiger partial charge in [-0.25, -0.2) is 9.97 Å². The molecule has 1 aromatic heterocycles. The van der Waals surface area contributed by atoms with Crippen LogP contribution >= 0.6 is 11.6 Å². The smallest absolute Gasteiger partial charge is 0.234 e. The van der Waals surface area contributed by atoms with Gasteiger partial charge in [0.1, 0.15) is 16.9 Å². The van der Waals surface area contributed by atoms with Crippen molar-refractivity contribution in [2.24, 2.45) is 0 Å². The van der Waals surface area contributed by atoms with Crippen LogP contribution in [0, 0.1) is 11.3 Å². The molecular weight excluding hydrogens is 238 g/mol. The molecule has 2 aromatic rings. The lowest BCUT2D eigenvalue weighted by Gasteiger charge is -2.00. The molecule has 0 amide bonds. The molecule has 0 saturated heterocycles. The lowest BCUT2D eigenvalue weighted by atomic mass is 10.1. The zero-order valence-corrected chi connectivity index (χ0v) is 9.35. The minimum Gasteiger partial charge on any atom is -0.287 e. The van der Waals surface area contributed by atoms with E-state index in [1.807, 2.05) is 6.07 Å². The Labute approximate surface area is 103 Å². The highest BCUT2D eigenvalue weighted by molar-refractivity contribution is 6.29. The molecule has 82 valence electrons. The van der Waals surface area contributed by atoms with E-state index in [2.05, 4.69) is 9.97 Å². The first-order valence-electron chi connectivity index (χ1n) is 4.75. The number of carbonyl (C=O) groups is 1. The van der Waals surface area contributed by atoms with Crippen molar-refractivity contribution in [1.82, 2.24) is 9.97 Å². The summed E-state index contributed by atoms with van der Waals surface area (Å²) in [7, 11) is 0. The Morgan fingerprint density at radius 3 is 2.59 bits per heavy atom. The maximum Gasteiger partial charge on any atom is 0.234 e. The fourth-order valence-electron chi connectivity index (χ4n) is 1.32. The van der Waals surface area contributed by atoms with Crippen molar-refractivity contribution >= 4 is 17.4 Å². The molecule has 0 fully saturated rings. The molecule has 1 heterocycles. The Hall–Kier alpha value is -2.25. The number of ketones is 1. The first-order valence-corrected chi connectivity index (χ1v) is 5.13. The predicted octanol–water partition coefficient (Wildman–Crippen LogP) is 2.23. The number of nitrogens with zero attached hydrogens (tertiary/aromatic N) is 3. The summed E-state index contributed by atoms with van der Waals surface area (Å²) in [5.74, 6) is -0.400. The average Bonchev–Trinajstić information content (AvgIpc) is 2.38. The number of hydrogen-bond donors (Lipinski definition) is 0. The Balaban J connectivity index is 2.45. The summed E-state index contributed by atoms with van der Waals surface area (Å²) in [6, 6.07) is 11.8. The third-order valence-electron chi connectivity index (χ3n) is 2.06. The van der Waals surface area contributed by atoms with Gasteiger partial charge in [0.25, 0.3) is 0 Å². The van der Waals surface area contributed by atoms with Gasteiger partial charge in [-0.2, -0.15) is 5.26 Å². The van der Waals surface area contributed by atoms with Gasteiger partial charge in [0, 0.05) is 11.6 Å². The largest absolute Gasteiger partial charge is 0.287 e. The monoisotopic (exact) mass is 243 g/mol. The van der Waals surface area contributed by atoms with Gasteiger partial charge in [-0.15, -0.1) is 0 Å². The van der Waals surface area contributed by atoms with Crippen molar-refractivity contribution in [2.45, 2.75) is 0 Å². The van der Waals surface area contributed by atoms with Gasteiger partial charge in [-0.3, -0.25) is 4.79 Å². The van der Waals surface area contributed by atoms with Crippen molar-refractivity contribution in [3.8, 4) is 6.07 Å². The summed E-state index contributed by atoms with van der Waals surface area (Å²) in [6.07, 6.45) is 0. The number of halogens is 1. The van der Waals surface area contributed by atoms with Crippen molar-refractivity contribution in [3.63, 3.8) is 0 Å². The zero-order chi connectivity index (χ0) is 12.3. The van der Waals surface area contributed by atoms with Gasteiger partial charge in [-0.05, 0) is 0 Å². The van der Waals surface area contributed by atoms with E-state index in [-0.39, 0.29) is 22.5 Å². The second-order valence-corrected chi connectivity index (χ2v) is 3.59. The maximum absolute atomic E-state index is 12.0. The first kappa shape index (κ1) is 11.2. The molecular formula is C12H6ClN3O. The van der Waals surface area contributed by atoms with Crippen LogP contribution in [-0.2, 0) is 0 Å². The van der Waals surface area contributed by atoms with Crippen LogP contribution in [-0.4, -0.2) is 15.8 Å². The molecule has 17 heavy (non-hydrogen) atoms. The second-order valence-electron chi connectivity index (χ2n) is 3.21. The molecule has 0 aliphatic carbocycles. The van der Waals surface area contributed by atoms with Gasteiger partial charge in [0.2, 0.25) is 11.6 Å². The van der Waals surface area contributed by atoms with Crippen LogP contribution in [0.25, 0.3) is 0 Å². The molecule has 1 aromatic carbocycles. The number of nitriles is 1. The van der Waals surface area contributed by atoms with E-state index in [9.17, 15) is 4.79 Å². The quantitative estimate of drug-likeness (QED) is 0.599. The van der Waals surface area contributed by atoms with E-state index in [0.29, 0.717) is 5.56 Å². The van der Waals surface area contributed by atoms with Crippen LogP contribution in [0.5, 0.6) is 0 Å².